The van der Waals surface area contributed by atoms with Gasteiger partial charge in [-0.15, -0.1) is 0 Å². The van der Waals surface area contributed by atoms with Crippen molar-refractivity contribution in [3.05, 3.63) is 41.6 Å². The number of alkyl halides is 3. The van der Waals surface area contributed by atoms with Gasteiger partial charge in [0.2, 0.25) is 5.95 Å². The lowest BCUT2D eigenvalue weighted by Crippen LogP contribution is -2.12. The average molecular weight is 324 g/mol. The Morgan fingerprint density at radius 1 is 0.957 bits per heavy atom. The van der Waals surface area contributed by atoms with Crippen molar-refractivity contribution in [3.63, 3.8) is 0 Å². The molecule has 23 heavy (non-hydrogen) atoms. The summed E-state index contributed by atoms with van der Waals surface area (Å²) < 4.78 is 38.6. The van der Waals surface area contributed by atoms with Gasteiger partial charge in [-0.2, -0.15) is 18.2 Å². The van der Waals surface area contributed by atoms with Gasteiger partial charge in [0.15, 0.2) is 5.69 Å². The minimum absolute atomic E-state index is 0.0101. The van der Waals surface area contributed by atoms with E-state index in [0.717, 1.165) is 11.6 Å². The normalized spacial score (nSPS) is 12.1. The van der Waals surface area contributed by atoms with Gasteiger partial charge in [0.1, 0.15) is 5.82 Å². The van der Waals surface area contributed by atoms with E-state index in [1.54, 1.807) is 0 Å². The Morgan fingerprint density at radius 2 is 1.57 bits per heavy atom. The van der Waals surface area contributed by atoms with E-state index in [2.05, 4.69) is 41.4 Å². The third kappa shape index (κ3) is 4.34. The minimum Gasteiger partial charge on any atom is -0.357 e. The highest BCUT2D eigenvalue weighted by Gasteiger charge is 2.33. The Balaban J connectivity index is 2.29. The molecule has 0 saturated carbocycles. The zero-order valence-electron chi connectivity index (χ0n) is 13.4. The molecule has 0 atom stereocenters. The van der Waals surface area contributed by atoms with Crippen LogP contribution in [-0.4, -0.2) is 17.0 Å². The highest BCUT2D eigenvalue weighted by molar-refractivity contribution is 5.58. The standard InChI is InChI=1S/C16H19F3N4/c1-15(2,3)10-5-7-11(8-6-10)21-13-9-12(16(17,18)19)22-14(20-4)23-13/h5-9H,1-4H3,(H2,20,21,22,23). The van der Waals surface area contributed by atoms with Crippen LogP contribution in [0.25, 0.3) is 0 Å². The van der Waals surface area contributed by atoms with E-state index < -0.39 is 11.9 Å². The number of anilines is 3. The minimum atomic E-state index is -4.53. The fourth-order valence-electron chi connectivity index (χ4n) is 1.97. The van der Waals surface area contributed by atoms with E-state index in [9.17, 15) is 13.2 Å². The van der Waals surface area contributed by atoms with Gasteiger partial charge in [-0.3, -0.25) is 0 Å². The van der Waals surface area contributed by atoms with E-state index >= 15 is 0 Å². The molecular weight excluding hydrogens is 305 g/mol. The molecule has 4 nitrogen and oxygen atoms in total. The topological polar surface area (TPSA) is 49.8 Å². The monoisotopic (exact) mass is 324 g/mol. The highest BCUT2D eigenvalue weighted by Crippen LogP contribution is 2.30. The summed E-state index contributed by atoms with van der Waals surface area (Å²) in [6.07, 6.45) is -4.53. The molecule has 0 fully saturated rings. The first-order chi connectivity index (χ1) is 10.6. The van der Waals surface area contributed by atoms with Crippen LogP contribution in [0.1, 0.15) is 32.0 Å². The van der Waals surface area contributed by atoms with E-state index in [1.165, 1.54) is 7.05 Å². The Bertz CT molecular complexity index is 673. The molecular formula is C16H19F3N4. The maximum Gasteiger partial charge on any atom is 0.433 e. The van der Waals surface area contributed by atoms with E-state index in [0.29, 0.717) is 5.69 Å². The number of hydrogen-bond donors (Lipinski definition) is 2. The van der Waals surface area contributed by atoms with Gasteiger partial charge in [0, 0.05) is 18.8 Å². The maximum atomic E-state index is 12.9. The number of rotatable bonds is 3. The van der Waals surface area contributed by atoms with Crippen LogP contribution in [0.15, 0.2) is 30.3 Å². The maximum absolute atomic E-state index is 12.9. The Hall–Kier alpha value is -2.31. The molecule has 7 heteroatoms. The summed E-state index contributed by atoms with van der Waals surface area (Å²) in [5.74, 6) is -0.00572. The van der Waals surface area contributed by atoms with E-state index in [-0.39, 0.29) is 17.2 Å². The average Bonchev–Trinajstić information content (AvgIpc) is 2.45. The molecule has 124 valence electrons. The summed E-state index contributed by atoms with van der Waals surface area (Å²) in [5, 5.41) is 5.41. The van der Waals surface area contributed by atoms with Gasteiger partial charge >= 0.3 is 6.18 Å². The highest BCUT2D eigenvalue weighted by atomic mass is 19.4. The number of hydrogen-bond acceptors (Lipinski definition) is 4. The van der Waals surface area contributed by atoms with Crippen LogP contribution < -0.4 is 10.6 Å². The van der Waals surface area contributed by atoms with Gasteiger partial charge in [0.05, 0.1) is 0 Å². The second-order valence-corrected chi connectivity index (χ2v) is 6.16. The van der Waals surface area contributed by atoms with Crippen LogP contribution in [0.2, 0.25) is 0 Å². The number of benzene rings is 1. The number of nitrogens with zero attached hydrogens (tertiary/aromatic N) is 2. The van der Waals surface area contributed by atoms with E-state index in [4.69, 9.17) is 0 Å². The molecule has 0 saturated heterocycles. The van der Waals surface area contributed by atoms with Gasteiger partial charge < -0.3 is 10.6 Å². The molecule has 2 rings (SSSR count). The fraction of sp³-hybridized carbons (Fsp3) is 0.375. The number of aromatic nitrogens is 2. The van der Waals surface area contributed by atoms with Crippen molar-refractivity contribution in [2.45, 2.75) is 32.4 Å². The summed E-state index contributed by atoms with van der Waals surface area (Å²) in [7, 11) is 1.47. The molecule has 2 N–H and O–H groups in total. The molecule has 0 unspecified atom stereocenters. The van der Waals surface area contributed by atoms with Crippen molar-refractivity contribution in [1.29, 1.82) is 0 Å². The first-order valence-electron chi connectivity index (χ1n) is 7.11. The quantitative estimate of drug-likeness (QED) is 0.868. The second kappa shape index (κ2) is 6.06. The van der Waals surface area contributed by atoms with Crippen LogP contribution >= 0.6 is 0 Å². The third-order valence-corrected chi connectivity index (χ3v) is 3.26. The zero-order chi connectivity index (χ0) is 17.3. The third-order valence-electron chi connectivity index (χ3n) is 3.26. The zero-order valence-corrected chi connectivity index (χ0v) is 13.4. The van der Waals surface area contributed by atoms with Crippen LogP contribution in [-0.2, 0) is 11.6 Å². The molecule has 2 aromatic rings. The Labute approximate surface area is 133 Å². The van der Waals surface area contributed by atoms with Crippen LogP contribution in [0.4, 0.5) is 30.6 Å². The van der Waals surface area contributed by atoms with Crippen LogP contribution in [0.5, 0.6) is 0 Å². The first kappa shape index (κ1) is 17.1. The van der Waals surface area contributed by atoms with Gasteiger partial charge in [-0.05, 0) is 23.1 Å². The van der Waals surface area contributed by atoms with Gasteiger partial charge in [-0.25, -0.2) is 4.98 Å². The second-order valence-electron chi connectivity index (χ2n) is 6.16. The number of halogens is 3. The van der Waals surface area contributed by atoms with Crippen LogP contribution in [0.3, 0.4) is 0 Å². The Kier molecular flexibility index (Phi) is 4.49. The Morgan fingerprint density at radius 3 is 2.04 bits per heavy atom. The van der Waals surface area contributed by atoms with E-state index in [1.807, 2.05) is 24.3 Å². The molecule has 0 amide bonds. The molecule has 0 aliphatic carbocycles. The number of nitrogens with one attached hydrogen (secondary N) is 2. The first-order valence-corrected chi connectivity index (χ1v) is 7.11. The summed E-state index contributed by atoms with van der Waals surface area (Å²) in [4.78, 5) is 7.42. The van der Waals surface area contributed by atoms with Crippen molar-refractivity contribution in [2.24, 2.45) is 0 Å². The van der Waals surface area contributed by atoms with Crippen molar-refractivity contribution in [3.8, 4) is 0 Å². The molecule has 0 bridgehead atoms. The largest absolute Gasteiger partial charge is 0.433 e. The van der Waals surface area contributed by atoms with Crippen molar-refractivity contribution < 1.29 is 13.2 Å². The smallest absolute Gasteiger partial charge is 0.357 e. The van der Waals surface area contributed by atoms with Crippen molar-refractivity contribution in [2.75, 3.05) is 17.7 Å². The SMILES string of the molecule is CNc1nc(Nc2ccc(C(C)(C)C)cc2)cc(C(F)(F)F)n1. The van der Waals surface area contributed by atoms with Crippen molar-refractivity contribution in [1.82, 2.24) is 9.97 Å². The summed E-state index contributed by atoms with van der Waals surface area (Å²) >= 11 is 0. The van der Waals surface area contributed by atoms with Crippen LogP contribution in [0, 0.1) is 0 Å². The molecule has 1 heterocycles. The molecule has 0 aliphatic heterocycles. The lowest BCUT2D eigenvalue weighted by atomic mass is 9.87. The van der Waals surface area contributed by atoms with Gasteiger partial charge in [0.25, 0.3) is 0 Å². The molecule has 0 aliphatic rings. The lowest BCUT2D eigenvalue weighted by molar-refractivity contribution is -0.141. The molecule has 0 spiro atoms. The molecule has 1 aromatic carbocycles. The summed E-state index contributed by atoms with van der Waals surface area (Å²) in [5.41, 5.74) is 0.811. The van der Waals surface area contributed by atoms with Crippen molar-refractivity contribution >= 4 is 17.5 Å². The summed E-state index contributed by atoms with van der Waals surface area (Å²) in [6.45, 7) is 6.28. The summed E-state index contributed by atoms with van der Waals surface area (Å²) in [6, 6.07) is 8.39. The van der Waals surface area contributed by atoms with Gasteiger partial charge in [-0.1, -0.05) is 32.9 Å². The molecule has 0 radical (unpaired) electrons. The fourth-order valence-corrected chi connectivity index (χ4v) is 1.97. The predicted molar refractivity (Wildman–Crippen MR) is 85.0 cm³/mol. The predicted octanol–water partition coefficient (Wildman–Crippen LogP) is 4.58. The molecule has 1 aromatic heterocycles. The lowest BCUT2D eigenvalue weighted by Gasteiger charge is -2.19.